The van der Waals surface area contributed by atoms with Crippen molar-refractivity contribution in [1.29, 1.82) is 0 Å². The van der Waals surface area contributed by atoms with Gasteiger partial charge in [0, 0.05) is 30.1 Å². The van der Waals surface area contributed by atoms with Gasteiger partial charge >= 0.3 is 0 Å². The molecule has 1 atom stereocenters. The SMILES string of the molecule is NC1CCCCN(CCSC2CC2)C1. The molecule has 1 aliphatic carbocycles. The van der Waals surface area contributed by atoms with Gasteiger partial charge in [-0.25, -0.2) is 0 Å². The first-order valence-electron chi connectivity index (χ1n) is 5.94. The van der Waals surface area contributed by atoms with Crippen molar-refractivity contribution in [2.24, 2.45) is 5.73 Å². The molecule has 82 valence electrons. The molecule has 1 unspecified atom stereocenters. The Balaban J connectivity index is 1.61. The molecule has 2 rings (SSSR count). The van der Waals surface area contributed by atoms with Crippen LogP contribution in [0.3, 0.4) is 0 Å². The minimum Gasteiger partial charge on any atom is -0.327 e. The molecule has 0 bridgehead atoms. The maximum Gasteiger partial charge on any atom is 0.0167 e. The first-order valence-corrected chi connectivity index (χ1v) is 6.99. The van der Waals surface area contributed by atoms with Crippen LogP contribution in [-0.4, -0.2) is 41.6 Å². The van der Waals surface area contributed by atoms with Gasteiger partial charge in [-0.3, -0.25) is 0 Å². The summed E-state index contributed by atoms with van der Waals surface area (Å²) in [4.78, 5) is 2.56. The molecule has 1 saturated heterocycles. The van der Waals surface area contributed by atoms with Crippen LogP contribution in [0.25, 0.3) is 0 Å². The van der Waals surface area contributed by atoms with Crippen molar-refractivity contribution in [1.82, 2.24) is 4.90 Å². The Labute approximate surface area is 91.6 Å². The molecule has 0 amide bonds. The number of nitrogens with two attached hydrogens (primary N) is 1. The Bertz CT molecular complexity index is 171. The lowest BCUT2D eigenvalue weighted by Gasteiger charge is -2.21. The Morgan fingerprint density at radius 3 is 2.86 bits per heavy atom. The largest absolute Gasteiger partial charge is 0.327 e. The van der Waals surface area contributed by atoms with E-state index in [0.717, 1.165) is 11.8 Å². The summed E-state index contributed by atoms with van der Waals surface area (Å²) in [5.41, 5.74) is 6.02. The highest BCUT2D eigenvalue weighted by atomic mass is 32.2. The maximum absolute atomic E-state index is 6.02. The van der Waals surface area contributed by atoms with Gasteiger partial charge in [-0.2, -0.15) is 11.8 Å². The molecule has 0 aromatic carbocycles. The fourth-order valence-electron chi connectivity index (χ4n) is 2.04. The predicted octanol–water partition coefficient (Wildman–Crippen LogP) is 1.70. The average molecular weight is 214 g/mol. The average Bonchev–Trinajstić information content (AvgIpc) is 2.94. The van der Waals surface area contributed by atoms with Crippen LogP contribution in [0.4, 0.5) is 0 Å². The van der Waals surface area contributed by atoms with E-state index in [2.05, 4.69) is 16.7 Å². The van der Waals surface area contributed by atoms with E-state index >= 15 is 0 Å². The van der Waals surface area contributed by atoms with Crippen LogP contribution in [-0.2, 0) is 0 Å². The van der Waals surface area contributed by atoms with Gasteiger partial charge in [-0.1, -0.05) is 6.42 Å². The zero-order chi connectivity index (χ0) is 9.80. The molecule has 2 aliphatic rings. The van der Waals surface area contributed by atoms with Crippen molar-refractivity contribution in [3.8, 4) is 0 Å². The van der Waals surface area contributed by atoms with Crippen molar-refractivity contribution >= 4 is 11.8 Å². The number of hydrogen-bond acceptors (Lipinski definition) is 3. The van der Waals surface area contributed by atoms with E-state index in [1.807, 2.05) is 0 Å². The molecule has 2 fully saturated rings. The Hall–Kier alpha value is 0.270. The van der Waals surface area contributed by atoms with Crippen molar-refractivity contribution in [2.45, 2.75) is 43.4 Å². The maximum atomic E-state index is 6.02. The summed E-state index contributed by atoms with van der Waals surface area (Å²) in [7, 11) is 0. The minimum atomic E-state index is 0.434. The monoisotopic (exact) mass is 214 g/mol. The van der Waals surface area contributed by atoms with Gasteiger partial charge in [0.2, 0.25) is 0 Å². The molecule has 1 saturated carbocycles. The first-order chi connectivity index (χ1) is 6.84. The number of likely N-dealkylation sites (tertiary alicyclic amines) is 1. The molecule has 1 heterocycles. The van der Waals surface area contributed by atoms with Crippen LogP contribution >= 0.6 is 11.8 Å². The normalized spacial score (nSPS) is 30.2. The lowest BCUT2D eigenvalue weighted by atomic mass is 10.2. The Morgan fingerprint density at radius 1 is 1.21 bits per heavy atom. The van der Waals surface area contributed by atoms with E-state index in [9.17, 15) is 0 Å². The molecular weight excluding hydrogens is 192 g/mol. The van der Waals surface area contributed by atoms with Crippen LogP contribution in [0.1, 0.15) is 32.1 Å². The lowest BCUT2D eigenvalue weighted by Crippen LogP contribution is -2.37. The van der Waals surface area contributed by atoms with Crippen LogP contribution in [0.5, 0.6) is 0 Å². The van der Waals surface area contributed by atoms with E-state index in [0.29, 0.717) is 6.04 Å². The second-order valence-corrected chi connectivity index (χ2v) is 6.03. The molecule has 1 aliphatic heterocycles. The molecule has 0 spiro atoms. The summed E-state index contributed by atoms with van der Waals surface area (Å²) in [6.07, 6.45) is 6.83. The van der Waals surface area contributed by atoms with Crippen LogP contribution in [0, 0.1) is 0 Å². The van der Waals surface area contributed by atoms with Crippen LogP contribution < -0.4 is 5.73 Å². The highest BCUT2D eigenvalue weighted by molar-refractivity contribution is 8.00. The topological polar surface area (TPSA) is 29.3 Å². The number of thioether (sulfide) groups is 1. The fourth-order valence-corrected chi connectivity index (χ4v) is 3.21. The summed E-state index contributed by atoms with van der Waals surface area (Å²) < 4.78 is 0. The highest BCUT2D eigenvalue weighted by Gasteiger charge is 2.22. The van der Waals surface area contributed by atoms with Crippen LogP contribution in [0.2, 0.25) is 0 Å². The molecule has 0 radical (unpaired) electrons. The number of hydrogen-bond donors (Lipinski definition) is 1. The predicted molar refractivity (Wildman–Crippen MR) is 63.7 cm³/mol. The van der Waals surface area contributed by atoms with E-state index in [1.54, 1.807) is 0 Å². The number of rotatable bonds is 4. The van der Waals surface area contributed by atoms with Gasteiger partial charge in [0.05, 0.1) is 0 Å². The molecule has 2 N–H and O–H groups in total. The fraction of sp³-hybridized carbons (Fsp3) is 1.00. The molecule has 0 aromatic heterocycles. The summed E-state index contributed by atoms with van der Waals surface area (Å²) >= 11 is 2.16. The minimum absolute atomic E-state index is 0.434. The Kier molecular flexibility index (Phi) is 4.14. The number of nitrogens with zero attached hydrogens (tertiary/aromatic N) is 1. The summed E-state index contributed by atoms with van der Waals surface area (Å²) in [5, 5.41) is 1.01. The lowest BCUT2D eigenvalue weighted by molar-refractivity contribution is 0.290. The van der Waals surface area contributed by atoms with Gasteiger partial charge in [0.15, 0.2) is 0 Å². The van der Waals surface area contributed by atoms with Gasteiger partial charge in [-0.05, 0) is 32.2 Å². The standard InChI is InChI=1S/C11H22N2S/c12-10-3-1-2-6-13(9-10)7-8-14-11-4-5-11/h10-11H,1-9,12H2. The highest BCUT2D eigenvalue weighted by Crippen LogP contribution is 2.33. The quantitative estimate of drug-likeness (QED) is 0.772. The third-order valence-corrected chi connectivity index (χ3v) is 4.44. The zero-order valence-corrected chi connectivity index (χ0v) is 9.77. The smallest absolute Gasteiger partial charge is 0.0167 e. The van der Waals surface area contributed by atoms with E-state index in [-0.39, 0.29) is 0 Å². The summed E-state index contributed by atoms with van der Waals surface area (Å²) in [6, 6.07) is 0.434. The molecule has 14 heavy (non-hydrogen) atoms. The molecule has 0 aromatic rings. The van der Waals surface area contributed by atoms with E-state index in [1.165, 1.54) is 50.9 Å². The van der Waals surface area contributed by atoms with E-state index < -0.39 is 0 Å². The van der Waals surface area contributed by atoms with Gasteiger partial charge < -0.3 is 10.6 Å². The summed E-state index contributed by atoms with van der Waals surface area (Å²) in [5.74, 6) is 1.32. The van der Waals surface area contributed by atoms with Crippen molar-refractivity contribution in [3.05, 3.63) is 0 Å². The molecule has 3 heteroatoms. The second-order valence-electron chi connectivity index (χ2n) is 4.63. The second kappa shape index (κ2) is 5.38. The first kappa shape index (κ1) is 10.8. The van der Waals surface area contributed by atoms with Crippen molar-refractivity contribution in [2.75, 3.05) is 25.4 Å². The third-order valence-electron chi connectivity index (χ3n) is 3.08. The molecule has 2 nitrogen and oxygen atoms in total. The van der Waals surface area contributed by atoms with Gasteiger partial charge in [-0.15, -0.1) is 0 Å². The third kappa shape index (κ3) is 3.79. The summed E-state index contributed by atoms with van der Waals surface area (Å²) in [6.45, 7) is 3.67. The van der Waals surface area contributed by atoms with Crippen LogP contribution in [0.15, 0.2) is 0 Å². The zero-order valence-electron chi connectivity index (χ0n) is 8.95. The van der Waals surface area contributed by atoms with E-state index in [4.69, 9.17) is 5.73 Å². The van der Waals surface area contributed by atoms with Gasteiger partial charge in [0.25, 0.3) is 0 Å². The van der Waals surface area contributed by atoms with Gasteiger partial charge in [0.1, 0.15) is 0 Å². The molecular formula is C11H22N2S. The Morgan fingerprint density at radius 2 is 2.07 bits per heavy atom. The van der Waals surface area contributed by atoms with Crippen molar-refractivity contribution in [3.63, 3.8) is 0 Å². The van der Waals surface area contributed by atoms with Crippen molar-refractivity contribution < 1.29 is 0 Å².